The van der Waals surface area contributed by atoms with E-state index in [0.717, 1.165) is 12.1 Å². The van der Waals surface area contributed by atoms with E-state index in [1.54, 1.807) is 12.1 Å². The van der Waals surface area contributed by atoms with Crippen molar-refractivity contribution in [3.63, 3.8) is 0 Å². The predicted octanol–water partition coefficient (Wildman–Crippen LogP) is 0.468. The van der Waals surface area contributed by atoms with E-state index in [4.69, 9.17) is 0 Å². The number of H-pyrrole nitrogens is 1. The maximum absolute atomic E-state index is 11.5. The van der Waals surface area contributed by atoms with Crippen LogP contribution in [0, 0.1) is 0 Å². The molecule has 1 aliphatic heterocycles. The summed E-state index contributed by atoms with van der Waals surface area (Å²) in [6, 6.07) is 3.43. The Morgan fingerprint density at radius 2 is 2.32 bits per heavy atom. The van der Waals surface area contributed by atoms with Crippen LogP contribution in [-0.2, 0) is 21.1 Å². The second-order valence-electron chi connectivity index (χ2n) is 4.72. The molecule has 19 heavy (non-hydrogen) atoms. The molecule has 1 aliphatic rings. The number of aromatic amines is 1. The molecule has 0 aromatic carbocycles. The van der Waals surface area contributed by atoms with Crippen LogP contribution in [0.4, 0.5) is 0 Å². The average molecular weight is 286 g/mol. The van der Waals surface area contributed by atoms with Crippen LogP contribution in [-0.4, -0.2) is 44.0 Å². The van der Waals surface area contributed by atoms with E-state index in [9.17, 15) is 13.2 Å². The first kappa shape index (κ1) is 14.1. The maximum Gasteiger partial charge on any atom is 0.354 e. The van der Waals surface area contributed by atoms with Gasteiger partial charge in [-0.2, -0.15) is 0 Å². The number of carbonyl (C=O) groups is 1. The summed E-state index contributed by atoms with van der Waals surface area (Å²) < 4.78 is 27.6. The van der Waals surface area contributed by atoms with E-state index in [-0.39, 0.29) is 11.8 Å². The highest BCUT2D eigenvalue weighted by Crippen LogP contribution is 2.12. The molecule has 1 unspecified atom stereocenters. The molecule has 0 spiro atoms. The van der Waals surface area contributed by atoms with Gasteiger partial charge < -0.3 is 15.0 Å². The summed E-state index contributed by atoms with van der Waals surface area (Å²) in [4.78, 5) is 14.2. The minimum Gasteiger partial charge on any atom is -0.464 e. The number of carbonyl (C=O) groups excluding carboxylic acids is 1. The number of aromatic nitrogens is 1. The molecular weight excluding hydrogens is 268 g/mol. The van der Waals surface area contributed by atoms with E-state index < -0.39 is 15.8 Å². The van der Waals surface area contributed by atoms with Gasteiger partial charge in [-0.1, -0.05) is 0 Å². The molecule has 1 aromatic heterocycles. The Morgan fingerprint density at radius 3 is 3.00 bits per heavy atom. The molecule has 0 radical (unpaired) electrons. The Hall–Kier alpha value is -1.34. The lowest BCUT2D eigenvalue weighted by atomic mass is 10.2. The summed E-state index contributed by atoms with van der Waals surface area (Å²) in [6.45, 7) is 0.511. The number of hydrogen-bond acceptors (Lipinski definition) is 5. The van der Waals surface area contributed by atoms with E-state index in [1.807, 2.05) is 0 Å². The van der Waals surface area contributed by atoms with Crippen LogP contribution >= 0.6 is 0 Å². The fourth-order valence-electron chi connectivity index (χ4n) is 2.21. The van der Waals surface area contributed by atoms with Gasteiger partial charge in [0, 0.05) is 18.3 Å². The molecule has 1 atom stereocenters. The molecular formula is C12H18N2O4S. The zero-order valence-electron chi connectivity index (χ0n) is 10.8. The lowest BCUT2D eigenvalue weighted by Crippen LogP contribution is -2.39. The first-order valence-electron chi connectivity index (χ1n) is 6.20. The Kier molecular flexibility index (Phi) is 4.26. The Morgan fingerprint density at radius 1 is 1.53 bits per heavy atom. The molecule has 0 amide bonds. The van der Waals surface area contributed by atoms with Gasteiger partial charge in [0.25, 0.3) is 0 Å². The summed E-state index contributed by atoms with van der Waals surface area (Å²) in [5.41, 5.74) is 1.24. The van der Waals surface area contributed by atoms with Gasteiger partial charge in [-0.25, -0.2) is 13.2 Å². The first-order valence-corrected chi connectivity index (χ1v) is 8.02. The second-order valence-corrected chi connectivity index (χ2v) is 6.95. The predicted molar refractivity (Wildman–Crippen MR) is 70.6 cm³/mol. The fourth-order valence-corrected chi connectivity index (χ4v) is 3.88. The summed E-state index contributed by atoms with van der Waals surface area (Å²) in [5, 5.41) is 3.20. The second kappa shape index (κ2) is 5.75. The molecule has 1 saturated heterocycles. The lowest BCUT2D eigenvalue weighted by Gasteiger charge is -2.22. The van der Waals surface area contributed by atoms with Crippen molar-refractivity contribution >= 4 is 15.8 Å². The quantitative estimate of drug-likeness (QED) is 0.785. The van der Waals surface area contributed by atoms with Crippen molar-refractivity contribution in [2.75, 3.05) is 18.6 Å². The number of hydrogen-bond donors (Lipinski definition) is 2. The molecule has 1 fully saturated rings. The minimum absolute atomic E-state index is 0.0105. The molecule has 2 heterocycles. The van der Waals surface area contributed by atoms with Crippen LogP contribution in [0.3, 0.4) is 0 Å². The van der Waals surface area contributed by atoms with Crippen LogP contribution in [0.1, 0.15) is 29.0 Å². The molecule has 0 saturated carbocycles. The van der Waals surface area contributed by atoms with Crippen LogP contribution < -0.4 is 5.32 Å². The third-order valence-corrected chi connectivity index (χ3v) is 5.02. The van der Waals surface area contributed by atoms with Crippen molar-refractivity contribution in [2.24, 2.45) is 0 Å². The average Bonchev–Trinajstić information content (AvgIpc) is 2.83. The molecule has 2 rings (SSSR count). The van der Waals surface area contributed by atoms with Gasteiger partial charge in [0.15, 0.2) is 9.84 Å². The number of ether oxygens (including phenoxy) is 1. The van der Waals surface area contributed by atoms with Crippen molar-refractivity contribution in [1.29, 1.82) is 0 Å². The van der Waals surface area contributed by atoms with Crippen molar-refractivity contribution in [3.8, 4) is 0 Å². The van der Waals surface area contributed by atoms with Gasteiger partial charge >= 0.3 is 5.97 Å². The standard InChI is InChI=1S/C12H18N2O4S/c1-18-12(15)11-5-4-9(14-11)7-13-10-3-2-6-19(16,17)8-10/h4-5,10,13-14H,2-3,6-8H2,1H3. The summed E-state index contributed by atoms with van der Waals surface area (Å²) in [6.07, 6.45) is 1.57. The molecule has 2 N–H and O–H groups in total. The third-order valence-electron chi connectivity index (χ3n) is 3.20. The largest absolute Gasteiger partial charge is 0.464 e. The topological polar surface area (TPSA) is 88.3 Å². The van der Waals surface area contributed by atoms with Crippen molar-refractivity contribution < 1.29 is 17.9 Å². The van der Waals surface area contributed by atoms with E-state index in [1.165, 1.54) is 7.11 Å². The molecule has 0 bridgehead atoms. The third kappa shape index (κ3) is 3.81. The van der Waals surface area contributed by atoms with Gasteiger partial charge in [-0.3, -0.25) is 0 Å². The van der Waals surface area contributed by atoms with E-state index >= 15 is 0 Å². The van der Waals surface area contributed by atoms with Gasteiger partial charge in [-0.05, 0) is 25.0 Å². The van der Waals surface area contributed by atoms with E-state index in [0.29, 0.717) is 24.4 Å². The SMILES string of the molecule is COC(=O)c1ccc(CNC2CCCS(=O)(=O)C2)[nH]1. The maximum atomic E-state index is 11.5. The van der Waals surface area contributed by atoms with Crippen LogP contribution in [0.15, 0.2) is 12.1 Å². The Bertz CT molecular complexity index is 550. The molecule has 6 nitrogen and oxygen atoms in total. The van der Waals surface area contributed by atoms with E-state index in [2.05, 4.69) is 15.0 Å². The Balaban J connectivity index is 1.88. The molecule has 0 aliphatic carbocycles. The van der Waals surface area contributed by atoms with Crippen LogP contribution in [0.2, 0.25) is 0 Å². The van der Waals surface area contributed by atoms with Gasteiger partial charge in [0.2, 0.25) is 0 Å². The normalized spacial score (nSPS) is 22.1. The zero-order valence-corrected chi connectivity index (χ0v) is 11.6. The van der Waals surface area contributed by atoms with Crippen LogP contribution in [0.5, 0.6) is 0 Å². The number of nitrogens with one attached hydrogen (secondary N) is 2. The lowest BCUT2D eigenvalue weighted by molar-refractivity contribution is 0.0594. The summed E-state index contributed by atoms with van der Waals surface area (Å²) in [7, 11) is -1.57. The van der Waals surface area contributed by atoms with Crippen molar-refractivity contribution in [2.45, 2.75) is 25.4 Å². The smallest absolute Gasteiger partial charge is 0.354 e. The number of rotatable bonds is 4. The molecule has 7 heteroatoms. The van der Waals surface area contributed by atoms with Gasteiger partial charge in [-0.15, -0.1) is 0 Å². The molecule has 106 valence electrons. The highest BCUT2D eigenvalue weighted by atomic mass is 32.2. The number of sulfone groups is 1. The zero-order chi connectivity index (χ0) is 13.9. The highest BCUT2D eigenvalue weighted by Gasteiger charge is 2.24. The van der Waals surface area contributed by atoms with Gasteiger partial charge in [0.1, 0.15) is 5.69 Å². The summed E-state index contributed by atoms with van der Waals surface area (Å²) >= 11 is 0. The van der Waals surface area contributed by atoms with Crippen LogP contribution in [0.25, 0.3) is 0 Å². The monoisotopic (exact) mass is 286 g/mol. The number of methoxy groups -OCH3 is 1. The van der Waals surface area contributed by atoms with Crippen molar-refractivity contribution in [1.82, 2.24) is 10.3 Å². The highest BCUT2D eigenvalue weighted by molar-refractivity contribution is 7.91. The minimum atomic E-state index is -2.90. The summed E-state index contributed by atoms with van der Waals surface area (Å²) in [5.74, 6) is 0.0732. The molecule has 1 aromatic rings. The van der Waals surface area contributed by atoms with Crippen molar-refractivity contribution in [3.05, 3.63) is 23.5 Å². The fraction of sp³-hybridized carbons (Fsp3) is 0.583. The number of esters is 1. The Labute approximate surface area is 112 Å². The first-order chi connectivity index (χ1) is 9.00. The van der Waals surface area contributed by atoms with Gasteiger partial charge in [0.05, 0.1) is 18.6 Å².